The molecule has 0 aromatic heterocycles. The minimum atomic E-state index is -0.454. The van der Waals surface area contributed by atoms with Gasteiger partial charge in [0.1, 0.15) is 0 Å². The molecule has 0 spiro atoms. The number of rotatable bonds is 1. The van der Waals surface area contributed by atoms with Gasteiger partial charge < -0.3 is 10.8 Å². The summed E-state index contributed by atoms with van der Waals surface area (Å²) < 4.78 is 0. The SMILES string of the molecule is NCC1(O)CCC2CC21. The molecule has 0 aromatic rings. The quantitative estimate of drug-likeness (QED) is 0.525. The highest BCUT2D eigenvalue weighted by molar-refractivity contribution is 5.07. The van der Waals surface area contributed by atoms with Gasteiger partial charge in [0, 0.05) is 6.54 Å². The third-order valence-corrected chi connectivity index (χ3v) is 2.91. The average Bonchev–Trinajstić information content (AvgIpc) is 2.58. The highest BCUT2D eigenvalue weighted by Gasteiger charge is 2.56. The molecule has 0 bridgehead atoms. The van der Waals surface area contributed by atoms with Crippen LogP contribution in [0.2, 0.25) is 0 Å². The minimum Gasteiger partial charge on any atom is -0.388 e. The Morgan fingerprint density at radius 2 is 2.44 bits per heavy atom. The summed E-state index contributed by atoms with van der Waals surface area (Å²) in [5.74, 6) is 1.40. The molecule has 52 valence electrons. The number of aliphatic hydroxyl groups is 1. The lowest BCUT2D eigenvalue weighted by atomic mass is 9.98. The molecule has 0 amide bonds. The Hall–Kier alpha value is -0.0800. The van der Waals surface area contributed by atoms with Crippen molar-refractivity contribution in [1.29, 1.82) is 0 Å². The Morgan fingerprint density at radius 3 is 2.67 bits per heavy atom. The molecule has 0 aromatic carbocycles. The zero-order valence-corrected chi connectivity index (χ0v) is 5.51. The molecule has 0 aliphatic heterocycles. The van der Waals surface area contributed by atoms with Gasteiger partial charge in [-0.3, -0.25) is 0 Å². The Morgan fingerprint density at radius 1 is 1.67 bits per heavy atom. The zero-order valence-electron chi connectivity index (χ0n) is 5.51. The van der Waals surface area contributed by atoms with Crippen LogP contribution in [0.3, 0.4) is 0 Å². The molecule has 3 atom stereocenters. The van der Waals surface area contributed by atoms with Crippen molar-refractivity contribution >= 4 is 0 Å². The first-order valence-electron chi connectivity index (χ1n) is 3.69. The molecule has 2 rings (SSSR count). The fraction of sp³-hybridized carbons (Fsp3) is 1.00. The van der Waals surface area contributed by atoms with Crippen LogP contribution >= 0.6 is 0 Å². The molecule has 0 radical (unpaired) electrons. The van der Waals surface area contributed by atoms with Gasteiger partial charge in [-0.25, -0.2) is 0 Å². The molecule has 2 fully saturated rings. The first kappa shape index (κ1) is 5.69. The van der Waals surface area contributed by atoms with Crippen LogP contribution in [0.1, 0.15) is 19.3 Å². The highest BCUT2D eigenvalue weighted by atomic mass is 16.3. The summed E-state index contributed by atoms with van der Waals surface area (Å²) in [7, 11) is 0. The van der Waals surface area contributed by atoms with Crippen LogP contribution in [0.15, 0.2) is 0 Å². The third kappa shape index (κ3) is 0.634. The first-order valence-corrected chi connectivity index (χ1v) is 3.69. The summed E-state index contributed by atoms with van der Waals surface area (Å²) in [6.07, 6.45) is 3.38. The largest absolute Gasteiger partial charge is 0.388 e. The summed E-state index contributed by atoms with van der Waals surface area (Å²) in [5.41, 5.74) is 4.98. The van der Waals surface area contributed by atoms with Gasteiger partial charge in [0.2, 0.25) is 0 Å². The predicted octanol–water partition coefficient (Wildman–Crippen LogP) is 0.106. The molecule has 0 heterocycles. The van der Waals surface area contributed by atoms with Gasteiger partial charge in [0.05, 0.1) is 5.60 Å². The Labute approximate surface area is 55.1 Å². The fourth-order valence-electron chi connectivity index (χ4n) is 2.10. The molecular formula is C7H13NO. The normalized spacial score (nSPS) is 55.3. The van der Waals surface area contributed by atoms with Crippen LogP contribution in [0, 0.1) is 11.8 Å². The zero-order chi connectivity index (χ0) is 6.48. The van der Waals surface area contributed by atoms with Crippen LogP contribution in [0.25, 0.3) is 0 Å². The van der Waals surface area contributed by atoms with Crippen LogP contribution in [-0.4, -0.2) is 17.3 Å². The van der Waals surface area contributed by atoms with E-state index in [4.69, 9.17) is 5.73 Å². The summed E-state index contributed by atoms with van der Waals surface area (Å²) in [6, 6.07) is 0. The molecule has 2 heteroatoms. The Kier molecular flexibility index (Phi) is 0.945. The maximum Gasteiger partial charge on any atom is 0.0800 e. The Bertz CT molecular complexity index is 137. The van der Waals surface area contributed by atoms with Crippen molar-refractivity contribution in [2.45, 2.75) is 24.9 Å². The van der Waals surface area contributed by atoms with E-state index >= 15 is 0 Å². The molecule has 2 aliphatic rings. The molecule has 9 heavy (non-hydrogen) atoms. The number of nitrogens with two attached hydrogens (primary N) is 1. The number of hydrogen-bond donors (Lipinski definition) is 2. The summed E-state index contributed by atoms with van der Waals surface area (Å²) in [6.45, 7) is 0.466. The molecule has 0 saturated heterocycles. The van der Waals surface area contributed by atoms with Gasteiger partial charge >= 0.3 is 0 Å². The molecule has 2 nitrogen and oxygen atoms in total. The van der Waals surface area contributed by atoms with E-state index in [0.717, 1.165) is 12.3 Å². The van der Waals surface area contributed by atoms with Crippen LogP contribution < -0.4 is 5.73 Å². The van der Waals surface area contributed by atoms with Crippen molar-refractivity contribution in [2.75, 3.05) is 6.54 Å². The average molecular weight is 127 g/mol. The smallest absolute Gasteiger partial charge is 0.0800 e. The van der Waals surface area contributed by atoms with E-state index in [-0.39, 0.29) is 0 Å². The van der Waals surface area contributed by atoms with Gasteiger partial charge in [-0.05, 0) is 31.1 Å². The first-order chi connectivity index (χ1) is 4.26. The lowest BCUT2D eigenvalue weighted by molar-refractivity contribution is 0.0341. The van der Waals surface area contributed by atoms with Gasteiger partial charge in [0.15, 0.2) is 0 Å². The molecule has 3 N–H and O–H groups in total. The van der Waals surface area contributed by atoms with E-state index in [9.17, 15) is 5.11 Å². The van der Waals surface area contributed by atoms with E-state index in [2.05, 4.69) is 0 Å². The van der Waals surface area contributed by atoms with Crippen LogP contribution in [0.4, 0.5) is 0 Å². The molecule has 2 saturated carbocycles. The summed E-state index contributed by atoms with van der Waals surface area (Å²) in [5, 5.41) is 9.69. The van der Waals surface area contributed by atoms with Crippen molar-refractivity contribution in [1.82, 2.24) is 0 Å². The van der Waals surface area contributed by atoms with Crippen molar-refractivity contribution in [2.24, 2.45) is 17.6 Å². The second-order valence-corrected chi connectivity index (χ2v) is 3.45. The van der Waals surface area contributed by atoms with Crippen molar-refractivity contribution in [3.8, 4) is 0 Å². The minimum absolute atomic E-state index is 0.454. The van der Waals surface area contributed by atoms with Crippen LogP contribution in [0.5, 0.6) is 0 Å². The second kappa shape index (κ2) is 1.50. The van der Waals surface area contributed by atoms with Crippen molar-refractivity contribution < 1.29 is 5.11 Å². The van der Waals surface area contributed by atoms with E-state index in [1.54, 1.807) is 0 Å². The monoisotopic (exact) mass is 127 g/mol. The topological polar surface area (TPSA) is 46.2 Å². The second-order valence-electron chi connectivity index (χ2n) is 3.45. The predicted molar refractivity (Wildman–Crippen MR) is 34.8 cm³/mol. The van der Waals surface area contributed by atoms with E-state index in [1.165, 1.54) is 12.8 Å². The summed E-state index contributed by atoms with van der Waals surface area (Å²) in [4.78, 5) is 0. The van der Waals surface area contributed by atoms with Gasteiger partial charge in [-0.2, -0.15) is 0 Å². The standard InChI is InChI=1S/C7H13NO/c8-4-7(9)2-1-5-3-6(5)7/h5-6,9H,1-4,8H2. The molecular weight excluding hydrogens is 114 g/mol. The van der Waals surface area contributed by atoms with E-state index in [0.29, 0.717) is 12.5 Å². The van der Waals surface area contributed by atoms with Crippen molar-refractivity contribution in [3.05, 3.63) is 0 Å². The lowest BCUT2D eigenvalue weighted by Gasteiger charge is -2.21. The van der Waals surface area contributed by atoms with E-state index in [1.807, 2.05) is 0 Å². The molecule has 3 unspecified atom stereocenters. The molecule has 2 aliphatic carbocycles. The maximum atomic E-state index is 9.69. The van der Waals surface area contributed by atoms with Crippen LogP contribution in [-0.2, 0) is 0 Å². The number of hydrogen-bond acceptors (Lipinski definition) is 2. The highest BCUT2D eigenvalue weighted by Crippen LogP contribution is 2.56. The summed E-state index contributed by atoms with van der Waals surface area (Å²) >= 11 is 0. The Balaban J connectivity index is 2.11. The van der Waals surface area contributed by atoms with Gasteiger partial charge in [-0.15, -0.1) is 0 Å². The fourth-order valence-corrected chi connectivity index (χ4v) is 2.10. The van der Waals surface area contributed by atoms with Crippen molar-refractivity contribution in [3.63, 3.8) is 0 Å². The number of fused-ring (bicyclic) bond motifs is 1. The van der Waals surface area contributed by atoms with E-state index < -0.39 is 5.60 Å². The van der Waals surface area contributed by atoms with Gasteiger partial charge in [-0.1, -0.05) is 0 Å². The van der Waals surface area contributed by atoms with Gasteiger partial charge in [0.25, 0.3) is 0 Å². The lowest BCUT2D eigenvalue weighted by Crippen LogP contribution is -2.37. The third-order valence-electron chi connectivity index (χ3n) is 2.91. The maximum absolute atomic E-state index is 9.69.